The van der Waals surface area contributed by atoms with Crippen LogP contribution in [0.25, 0.3) is 0 Å². The first-order valence-corrected chi connectivity index (χ1v) is 5.96. The Kier molecular flexibility index (Phi) is 4.20. The highest BCUT2D eigenvalue weighted by Gasteiger charge is 2.12. The van der Waals surface area contributed by atoms with E-state index in [-0.39, 0.29) is 5.84 Å². The van der Waals surface area contributed by atoms with Crippen molar-refractivity contribution in [3.05, 3.63) is 64.1 Å². The number of amidine groups is 1. The number of hydroxylamine groups is 1. The van der Waals surface area contributed by atoms with Gasteiger partial charge in [0.25, 0.3) is 0 Å². The number of para-hydroxylation sites is 1. The summed E-state index contributed by atoms with van der Waals surface area (Å²) in [7, 11) is 0. The number of nitrogens with zero attached hydrogens (tertiary/aromatic N) is 1. The van der Waals surface area contributed by atoms with Crippen molar-refractivity contribution in [2.75, 3.05) is 0 Å². The average molecular weight is 281 g/mol. The van der Waals surface area contributed by atoms with E-state index in [0.717, 1.165) is 0 Å². The molecule has 0 aliphatic heterocycles. The largest absolute Gasteiger partial charge is 0.290 e. The lowest BCUT2D eigenvalue weighted by molar-refractivity contribution is 0.235. The molecule has 0 spiro atoms. The van der Waals surface area contributed by atoms with Crippen LogP contribution in [0.2, 0.25) is 10.0 Å². The summed E-state index contributed by atoms with van der Waals surface area (Å²) >= 11 is 12.1. The highest BCUT2D eigenvalue weighted by molar-refractivity contribution is 6.40. The van der Waals surface area contributed by atoms with Gasteiger partial charge in [0.1, 0.15) is 0 Å². The zero-order chi connectivity index (χ0) is 13.0. The minimum atomic E-state index is 0.205. The second-order valence-corrected chi connectivity index (χ2v) is 4.32. The maximum absolute atomic E-state index is 9.19. The Bertz CT molecular complexity index is 550. The highest BCUT2D eigenvalue weighted by Crippen LogP contribution is 2.25. The van der Waals surface area contributed by atoms with Crippen LogP contribution in [0.3, 0.4) is 0 Å². The normalized spacial score (nSPS) is 11.4. The molecule has 0 unspecified atom stereocenters. The summed E-state index contributed by atoms with van der Waals surface area (Å²) in [6.45, 7) is 0. The molecule has 0 saturated carbocycles. The average Bonchev–Trinajstić information content (AvgIpc) is 2.38. The van der Waals surface area contributed by atoms with Gasteiger partial charge in [-0.05, 0) is 24.3 Å². The van der Waals surface area contributed by atoms with E-state index in [4.69, 9.17) is 23.2 Å². The third kappa shape index (κ3) is 2.82. The number of aliphatic imine (C=N–C) groups is 1. The summed E-state index contributed by atoms with van der Waals surface area (Å²) in [5, 5.41) is 10.0. The van der Waals surface area contributed by atoms with Crippen molar-refractivity contribution in [1.29, 1.82) is 0 Å². The Hall–Kier alpha value is -1.55. The number of halogens is 2. The van der Waals surface area contributed by atoms with Crippen molar-refractivity contribution in [1.82, 2.24) is 5.48 Å². The summed E-state index contributed by atoms with van der Waals surface area (Å²) in [5.74, 6) is 0.205. The lowest BCUT2D eigenvalue weighted by Gasteiger charge is -2.09. The van der Waals surface area contributed by atoms with Crippen LogP contribution in [-0.4, -0.2) is 11.0 Å². The summed E-state index contributed by atoms with van der Waals surface area (Å²) in [4.78, 5) is 4.26. The van der Waals surface area contributed by atoms with Gasteiger partial charge in [-0.3, -0.25) is 10.7 Å². The first-order chi connectivity index (χ1) is 8.72. The molecule has 0 radical (unpaired) electrons. The third-order valence-corrected chi connectivity index (χ3v) is 2.93. The van der Waals surface area contributed by atoms with Gasteiger partial charge in [0, 0.05) is 0 Å². The van der Waals surface area contributed by atoms with Crippen molar-refractivity contribution >= 4 is 34.7 Å². The lowest BCUT2D eigenvalue weighted by Crippen LogP contribution is -2.20. The molecule has 2 aromatic carbocycles. The molecule has 0 aliphatic carbocycles. The molecule has 0 fully saturated rings. The predicted molar refractivity (Wildman–Crippen MR) is 74.0 cm³/mol. The fraction of sp³-hybridized carbons (Fsp3) is 0. The first kappa shape index (κ1) is 12.9. The second kappa shape index (κ2) is 5.87. The molecular weight excluding hydrogens is 271 g/mol. The quantitative estimate of drug-likeness (QED) is 0.495. The van der Waals surface area contributed by atoms with Gasteiger partial charge in [-0.2, -0.15) is 0 Å². The molecule has 0 heterocycles. The fourth-order valence-electron chi connectivity index (χ4n) is 1.49. The molecule has 0 saturated heterocycles. The second-order valence-electron chi connectivity index (χ2n) is 3.50. The minimum Gasteiger partial charge on any atom is -0.290 e. The summed E-state index contributed by atoms with van der Waals surface area (Å²) < 4.78 is 0. The maximum atomic E-state index is 9.19. The number of hydrogen-bond donors (Lipinski definition) is 2. The first-order valence-electron chi connectivity index (χ1n) is 5.20. The van der Waals surface area contributed by atoms with E-state index in [2.05, 4.69) is 4.99 Å². The predicted octanol–water partition coefficient (Wildman–Crippen LogP) is 4.05. The van der Waals surface area contributed by atoms with Gasteiger partial charge >= 0.3 is 0 Å². The Labute approximate surface area is 115 Å². The van der Waals surface area contributed by atoms with E-state index >= 15 is 0 Å². The van der Waals surface area contributed by atoms with Gasteiger partial charge in [0.05, 0.1) is 21.3 Å². The van der Waals surface area contributed by atoms with Crippen molar-refractivity contribution in [2.45, 2.75) is 0 Å². The zero-order valence-corrected chi connectivity index (χ0v) is 10.8. The van der Waals surface area contributed by atoms with Crippen LogP contribution < -0.4 is 5.48 Å². The smallest absolute Gasteiger partial charge is 0.160 e. The van der Waals surface area contributed by atoms with E-state index in [1.807, 2.05) is 35.8 Å². The summed E-state index contributed by atoms with van der Waals surface area (Å²) in [6, 6.07) is 14.3. The number of hydrogen-bond acceptors (Lipinski definition) is 2. The molecule has 2 N–H and O–H groups in total. The number of benzene rings is 2. The Morgan fingerprint density at radius 1 is 0.944 bits per heavy atom. The molecule has 0 bridgehead atoms. The van der Waals surface area contributed by atoms with E-state index < -0.39 is 0 Å². The molecule has 18 heavy (non-hydrogen) atoms. The minimum absolute atomic E-state index is 0.205. The van der Waals surface area contributed by atoms with Crippen LogP contribution in [-0.2, 0) is 0 Å². The Morgan fingerprint density at radius 2 is 1.56 bits per heavy atom. The fourth-order valence-corrected chi connectivity index (χ4v) is 2.07. The molecule has 0 aromatic heterocycles. The molecule has 0 aliphatic rings. The maximum Gasteiger partial charge on any atom is 0.160 e. The van der Waals surface area contributed by atoms with Crippen LogP contribution in [0, 0.1) is 0 Å². The van der Waals surface area contributed by atoms with E-state index in [0.29, 0.717) is 21.3 Å². The Morgan fingerprint density at radius 3 is 2.11 bits per heavy atom. The van der Waals surface area contributed by atoms with Gasteiger partial charge in [0.15, 0.2) is 5.84 Å². The topological polar surface area (TPSA) is 44.6 Å². The SMILES string of the molecule is ONC(=Nc1ccccc1)c1c(Cl)cccc1Cl. The summed E-state index contributed by atoms with van der Waals surface area (Å²) in [6.07, 6.45) is 0. The number of nitrogens with one attached hydrogen (secondary N) is 1. The molecule has 0 atom stereocenters. The van der Waals surface area contributed by atoms with E-state index in [9.17, 15) is 5.21 Å². The van der Waals surface area contributed by atoms with Crippen molar-refractivity contribution in [3.8, 4) is 0 Å². The van der Waals surface area contributed by atoms with Crippen LogP contribution in [0.1, 0.15) is 5.56 Å². The van der Waals surface area contributed by atoms with Crippen LogP contribution in [0.4, 0.5) is 5.69 Å². The van der Waals surface area contributed by atoms with E-state index in [1.54, 1.807) is 18.2 Å². The van der Waals surface area contributed by atoms with Crippen molar-refractivity contribution < 1.29 is 5.21 Å². The zero-order valence-electron chi connectivity index (χ0n) is 9.27. The van der Waals surface area contributed by atoms with Gasteiger partial charge in [-0.1, -0.05) is 47.5 Å². The van der Waals surface area contributed by atoms with Crippen LogP contribution in [0.5, 0.6) is 0 Å². The third-order valence-electron chi connectivity index (χ3n) is 2.30. The monoisotopic (exact) mass is 280 g/mol. The molecular formula is C13H10Cl2N2O. The van der Waals surface area contributed by atoms with Crippen molar-refractivity contribution in [3.63, 3.8) is 0 Å². The van der Waals surface area contributed by atoms with Gasteiger partial charge < -0.3 is 0 Å². The molecule has 5 heteroatoms. The van der Waals surface area contributed by atoms with Gasteiger partial charge in [-0.25, -0.2) is 4.99 Å². The molecule has 92 valence electrons. The number of rotatable bonds is 2. The molecule has 2 rings (SSSR count). The van der Waals surface area contributed by atoms with Gasteiger partial charge in [-0.15, -0.1) is 0 Å². The summed E-state index contributed by atoms with van der Waals surface area (Å²) in [5.41, 5.74) is 3.18. The molecule has 0 amide bonds. The molecule has 2 aromatic rings. The van der Waals surface area contributed by atoms with E-state index in [1.165, 1.54) is 0 Å². The van der Waals surface area contributed by atoms with Crippen LogP contribution >= 0.6 is 23.2 Å². The van der Waals surface area contributed by atoms with Crippen LogP contribution in [0.15, 0.2) is 53.5 Å². The highest BCUT2D eigenvalue weighted by atomic mass is 35.5. The lowest BCUT2D eigenvalue weighted by atomic mass is 10.2. The standard InChI is InChI=1S/C13H10Cl2N2O/c14-10-7-4-8-11(15)12(10)13(17-18)16-9-5-2-1-3-6-9/h1-8,18H,(H,16,17). The van der Waals surface area contributed by atoms with Gasteiger partial charge in [0.2, 0.25) is 0 Å². The Balaban J connectivity index is 2.49. The molecule has 3 nitrogen and oxygen atoms in total. The van der Waals surface area contributed by atoms with Crippen molar-refractivity contribution in [2.24, 2.45) is 4.99 Å².